The number of nitrogens with two attached hydrogens (primary N) is 1. The third-order valence-electron chi connectivity index (χ3n) is 4.34. The molecule has 0 aromatic heterocycles. The number of benzene rings is 2. The second-order valence-corrected chi connectivity index (χ2v) is 8.33. The number of primary amides is 1. The summed E-state index contributed by atoms with van der Waals surface area (Å²) in [5.74, 6) is -2.17. The predicted molar refractivity (Wildman–Crippen MR) is 99.8 cm³/mol. The van der Waals surface area contributed by atoms with Gasteiger partial charge >= 0.3 is 0 Å². The van der Waals surface area contributed by atoms with Gasteiger partial charge in [0.1, 0.15) is 5.82 Å². The van der Waals surface area contributed by atoms with Gasteiger partial charge in [0.05, 0.1) is 17.5 Å². The molecule has 1 unspecified atom stereocenters. The molecule has 2 amide bonds. The van der Waals surface area contributed by atoms with Crippen LogP contribution < -0.4 is 15.4 Å². The van der Waals surface area contributed by atoms with Crippen LogP contribution in [0.25, 0.3) is 0 Å². The van der Waals surface area contributed by atoms with Gasteiger partial charge in [0.25, 0.3) is 11.8 Å². The van der Waals surface area contributed by atoms with Crippen molar-refractivity contribution in [3.05, 3.63) is 58.9 Å². The Morgan fingerprint density at radius 2 is 1.93 bits per heavy atom. The predicted octanol–water partition coefficient (Wildman–Crippen LogP) is 1.89. The van der Waals surface area contributed by atoms with Crippen LogP contribution >= 0.6 is 0 Å². The summed E-state index contributed by atoms with van der Waals surface area (Å²) in [5, 5.41) is 2.58. The highest BCUT2D eigenvalue weighted by Crippen LogP contribution is 2.34. The lowest BCUT2D eigenvalue weighted by Crippen LogP contribution is -2.34. The molecule has 1 atom stereocenters. The van der Waals surface area contributed by atoms with Crippen LogP contribution in [0.5, 0.6) is 0 Å². The van der Waals surface area contributed by atoms with Crippen molar-refractivity contribution >= 4 is 33.2 Å². The molecule has 27 heavy (non-hydrogen) atoms. The summed E-state index contributed by atoms with van der Waals surface area (Å²) in [6.07, 6.45) is 1.63. The minimum atomic E-state index is -3.41. The third kappa shape index (κ3) is 3.63. The summed E-state index contributed by atoms with van der Waals surface area (Å²) in [6.45, 7) is 1.80. The molecule has 0 saturated carbocycles. The van der Waals surface area contributed by atoms with Gasteiger partial charge in [0.15, 0.2) is 0 Å². The Balaban J connectivity index is 1.87. The number of fused-ring (bicyclic) bond motifs is 1. The van der Waals surface area contributed by atoms with Crippen molar-refractivity contribution in [3.8, 4) is 0 Å². The van der Waals surface area contributed by atoms with Gasteiger partial charge < -0.3 is 11.1 Å². The normalized spacial score (nSPS) is 16.1. The molecule has 2 aromatic carbocycles. The number of sulfonamides is 1. The van der Waals surface area contributed by atoms with Crippen molar-refractivity contribution in [3.63, 3.8) is 0 Å². The number of nitrogens with zero attached hydrogens (tertiary/aromatic N) is 1. The number of hydrogen-bond donors (Lipinski definition) is 2. The molecule has 3 N–H and O–H groups in total. The Labute approximate surface area is 156 Å². The van der Waals surface area contributed by atoms with E-state index < -0.39 is 27.7 Å². The van der Waals surface area contributed by atoms with Gasteiger partial charge in [0, 0.05) is 17.3 Å². The standard InChI is InChI=1S/C18H18FN3O4S/c1-10-7-12-8-11(3-6-16(12)22(10)27(2,25)26)18(24)21-13-4-5-15(19)14(9-13)17(20)23/h3-6,8-10H,7H2,1-2H3,(H2,20,23)(H,21,24). The number of nitrogens with one attached hydrogen (secondary N) is 1. The first-order chi connectivity index (χ1) is 12.6. The quantitative estimate of drug-likeness (QED) is 0.829. The second-order valence-electron chi connectivity index (χ2n) is 6.47. The van der Waals surface area contributed by atoms with Gasteiger partial charge in [0.2, 0.25) is 10.0 Å². The maximum Gasteiger partial charge on any atom is 0.255 e. The van der Waals surface area contributed by atoms with Gasteiger partial charge in [-0.05, 0) is 55.3 Å². The summed E-state index contributed by atoms with van der Waals surface area (Å²) >= 11 is 0. The molecule has 142 valence electrons. The molecule has 0 aliphatic carbocycles. The lowest BCUT2D eigenvalue weighted by molar-refractivity contribution is 0.0992. The number of amides is 2. The highest BCUT2D eigenvalue weighted by Gasteiger charge is 2.32. The SMILES string of the molecule is CC1Cc2cc(C(=O)Nc3ccc(F)c(C(N)=O)c3)ccc2N1S(C)(=O)=O. The van der Waals surface area contributed by atoms with E-state index in [4.69, 9.17) is 5.73 Å². The van der Waals surface area contributed by atoms with Crippen LogP contribution in [0.4, 0.5) is 15.8 Å². The molecular formula is C18H18FN3O4S. The van der Waals surface area contributed by atoms with E-state index in [0.29, 0.717) is 17.7 Å². The van der Waals surface area contributed by atoms with Gasteiger partial charge in [-0.3, -0.25) is 13.9 Å². The van der Waals surface area contributed by atoms with E-state index >= 15 is 0 Å². The van der Waals surface area contributed by atoms with Crippen LogP contribution in [0.3, 0.4) is 0 Å². The minimum absolute atomic E-state index is 0.224. The molecular weight excluding hydrogens is 373 g/mol. The lowest BCUT2D eigenvalue weighted by Gasteiger charge is -2.21. The number of rotatable bonds is 4. The molecule has 9 heteroatoms. The van der Waals surface area contributed by atoms with E-state index in [1.165, 1.54) is 16.4 Å². The van der Waals surface area contributed by atoms with Crippen LogP contribution in [-0.2, 0) is 16.4 Å². The van der Waals surface area contributed by atoms with E-state index in [1.807, 2.05) is 0 Å². The molecule has 3 rings (SSSR count). The maximum absolute atomic E-state index is 13.5. The zero-order valence-electron chi connectivity index (χ0n) is 14.7. The number of carbonyl (C=O) groups is 2. The van der Waals surface area contributed by atoms with E-state index in [9.17, 15) is 22.4 Å². The van der Waals surface area contributed by atoms with Crippen LogP contribution in [0.15, 0.2) is 36.4 Å². The zero-order valence-corrected chi connectivity index (χ0v) is 15.5. The Hall–Kier alpha value is -2.94. The largest absolute Gasteiger partial charge is 0.366 e. The monoisotopic (exact) mass is 391 g/mol. The fourth-order valence-electron chi connectivity index (χ4n) is 3.24. The lowest BCUT2D eigenvalue weighted by atomic mass is 10.1. The van der Waals surface area contributed by atoms with Gasteiger partial charge in [-0.2, -0.15) is 0 Å². The minimum Gasteiger partial charge on any atom is -0.366 e. The molecule has 0 spiro atoms. The second kappa shape index (κ2) is 6.66. The first kappa shape index (κ1) is 18.8. The number of carbonyl (C=O) groups excluding carboxylic acids is 2. The number of halogens is 1. The number of hydrogen-bond acceptors (Lipinski definition) is 4. The fourth-order valence-corrected chi connectivity index (χ4v) is 4.51. The molecule has 0 bridgehead atoms. The molecule has 1 aliphatic heterocycles. The fraction of sp³-hybridized carbons (Fsp3) is 0.222. The molecule has 0 saturated heterocycles. The highest BCUT2D eigenvalue weighted by molar-refractivity contribution is 7.92. The topological polar surface area (TPSA) is 110 Å². The summed E-state index contributed by atoms with van der Waals surface area (Å²) < 4.78 is 38.8. The van der Waals surface area contributed by atoms with E-state index in [2.05, 4.69) is 5.32 Å². The average molecular weight is 391 g/mol. The van der Waals surface area contributed by atoms with Crippen LogP contribution in [0.2, 0.25) is 0 Å². The first-order valence-electron chi connectivity index (χ1n) is 8.11. The third-order valence-corrected chi connectivity index (χ3v) is 5.61. The summed E-state index contributed by atoms with van der Waals surface area (Å²) in [7, 11) is -3.41. The molecule has 7 nitrogen and oxygen atoms in total. The smallest absolute Gasteiger partial charge is 0.255 e. The van der Waals surface area contributed by atoms with Crippen molar-refractivity contribution in [2.45, 2.75) is 19.4 Å². The summed E-state index contributed by atoms with van der Waals surface area (Å²) in [5.41, 5.74) is 6.63. The Bertz CT molecular complexity index is 1050. The Morgan fingerprint density at radius 1 is 1.22 bits per heavy atom. The van der Waals surface area contributed by atoms with Crippen molar-refractivity contribution in [1.29, 1.82) is 0 Å². The molecule has 2 aromatic rings. The maximum atomic E-state index is 13.5. The van der Waals surface area contributed by atoms with Gasteiger partial charge in [-0.25, -0.2) is 12.8 Å². The first-order valence-corrected chi connectivity index (χ1v) is 9.96. The number of anilines is 2. The van der Waals surface area contributed by atoms with Gasteiger partial charge in [-0.1, -0.05) is 0 Å². The Kier molecular flexibility index (Phi) is 4.64. The van der Waals surface area contributed by atoms with Crippen LogP contribution in [0, 0.1) is 5.82 Å². The zero-order chi connectivity index (χ0) is 19.9. The van der Waals surface area contributed by atoms with Crippen molar-refractivity contribution in [2.75, 3.05) is 15.9 Å². The van der Waals surface area contributed by atoms with Crippen molar-refractivity contribution in [1.82, 2.24) is 0 Å². The molecule has 1 aliphatic rings. The summed E-state index contributed by atoms with van der Waals surface area (Å²) in [6, 6.07) is 8.03. The van der Waals surface area contributed by atoms with E-state index in [1.54, 1.807) is 19.1 Å². The van der Waals surface area contributed by atoms with Crippen LogP contribution in [-0.4, -0.2) is 32.5 Å². The highest BCUT2D eigenvalue weighted by atomic mass is 32.2. The van der Waals surface area contributed by atoms with E-state index in [0.717, 1.165) is 24.0 Å². The molecule has 0 radical (unpaired) electrons. The summed E-state index contributed by atoms with van der Waals surface area (Å²) in [4.78, 5) is 23.7. The average Bonchev–Trinajstić information content (AvgIpc) is 2.91. The Morgan fingerprint density at radius 3 is 2.56 bits per heavy atom. The molecule has 0 fully saturated rings. The van der Waals surface area contributed by atoms with Crippen molar-refractivity contribution < 1.29 is 22.4 Å². The van der Waals surface area contributed by atoms with Crippen LogP contribution in [0.1, 0.15) is 33.2 Å². The van der Waals surface area contributed by atoms with Gasteiger partial charge in [-0.15, -0.1) is 0 Å². The molecule has 1 heterocycles. The van der Waals surface area contributed by atoms with E-state index in [-0.39, 0.29) is 17.3 Å². The van der Waals surface area contributed by atoms with Crippen molar-refractivity contribution in [2.24, 2.45) is 5.73 Å².